The van der Waals surface area contributed by atoms with Crippen molar-refractivity contribution < 1.29 is 9.59 Å². The number of amides is 2. The Labute approximate surface area is 326 Å². The number of carbonyl (C=O) groups excluding carboxylic acids is 2. The van der Waals surface area contributed by atoms with Crippen LogP contribution < -0.4 is 9.80 Å². The number of aryl methyl sites for hydroxylation is 2. The summed E-state index contributed by atoms with van der Waals surface area (Å²) in [5.41, 5.74) is 4.80. The van der Waals surface area contributed by atoms with Crippen molar-refractivity contribution in [2.75, 3.05) is 49.1 Å². The van der Waals surface area contributed by atoms with Crippen molar-refractivity contribution in [2.45, 2.75) is 37.8 Å². The third kappa shape index (κ3) is 9.61. The van der Waals surface area contributed by atoms with Crippen LogP contribution in [0, 0.1) is 0 Å². The molecule has 6 aromatic rings. The van der Waals surface area contributed by atoms with E-state index in [9.17, 15) is 9.59 Å². The van der Waals surface area contributed by atoms with Crippen LogP contribution in [0.1, 0.15) is 47.2 Å². The molecule has 8 nitrogen and oxygen atoms in total. The van der Waals surface area contributed by atoms with Crippen LogP contribution in [0.4, 0.5) is 10.3 Å². The van der Waals surface area contributed by atoms with E-state index in [4.69, 9.17) is 0 Å². The van der Waals surface area contributed by atoms with Crippen LogP contribution in [0.3, 0.4) is 0 Å². The Hall–Kier alpha value is -5.32. The first-order valence-corrected chi connectivity index (χ1v) is 20.4. The molecule has 276 valence electrons. The summed E-state index contributed by atoms with van der Waals surface area (Å²) in [6.07, 6.45) is 6.35. The zero-order valence-corrected chi connectivity index (χ0v) is 32.0. The van der Waals surface area contributed by atoms with E-state index in [1.807, 2.05) is 96.0 Å². The van der Waals surface area contributed by atoms with Crippen LogP contribution in [-0.4, -0.2) is 70.9 Å². The number of carbonyl (C=O) groups is 2. The summed E-state index contributed by atoms with van der Waals surface area (Å²) in [5.74, 6) is 0.456. The first kappa shape index (κ1) is 37.0. The molecule has 10 heteroatoms. The lowest BCUT2D eigenvalue weighted by Crippen LogP contribution is -2.50. The second-order valence-electron chi connectivity index (χ2n) is 13.5. The minimum absolute atomic E-state index is 0.0622. The average molecular weight is 755 g/mol. The molecule has 8 rings (SSSR count). The molecule has 0 aliphatic carbocycles. The maximum absolute atomic E-state index is 13.0. The summed E-state index contributed by atoms with van der Waals surface area (Å²) in [7, 11) is 0. The highest BCUT2D eigenvalue weighted by molar-refractivity contribution is 7.13. The van der Waals surface area contributed by atoms with Gasteiger partial charge < -0.3 is 19.6 Å². The third-order valence-corrected chi connectivity index (χ3v) is 11.8. The van der Waals surface area contributed by atoms with Gasteiger partial charge in [-0.2, -0.15) is 0 Å². The predicted molar refractivity (Wildman–Crippen MR) is 220 cm³/mol. The molecule has 4 aromatic carbocycles. The van der Waals surface area contributed by atoms with Gasteiger partial charge in [0.2, 0.25) is 11.8 Å². The molecule has 0 bridgehead atoms. The molecule has 0 spiro atoms. The summed E-state index contributed by atoms with van der Waals surface area (Å²) < 4.78 is 0. The molecular weight excluding hydrogens is 709 g/mol. The quantitative estimate of drug-likeness (QED) is 0.140. The summed E-state index contributed by atoms with van der Waals surface area (Å²) in [6, 6.07) is 41.3. The van der Waals surface area contributed by atoms with Crippen molar-refractivity contribution in [1.82, 2.24) is 19.8 Å². The number of anilines is 2. The van der Waals surface area contributed by atoms with Crippen LogP contribution >= 0.6 is 22.7 Å². The molecule has 0 radical (unpaired) electrons. The van der Waals surface area contributed by atoms with Gasteiger partial charge in [0.1, 0.15) is 0 Å². The number of hydrogen-bond acceptors (Lipinski definition) is 8. The highest BCUT2D eigenvalue weighted by atomic mass is 32.1. The van der Waals surface area contributed by atoms with E-state index >= 15 is 0 Å². The van der Waals surface area contributed by atoms with Gasteiger partial charge in [0.05, 0.1) is 12.1 Å². The SMILES string of the molecule is O=C(CCc1ccccc1)N1CCN(c2nccs2)CC1c1ccccc1.O=C(CCc1ccccc1)N1CCN(c2nccs2)CC1c1ccccc1. The Morgan fingerprint density at radius 2 is 0.889 bits per heavy atom. The molecule has 2 atom stereocenters. The Morgan fingerprint density at radius 1 is 0.519 bits per heavy atom. The van der Waals surface area contributed by atoms with Crippen LogP contribution in [0.25, 0.3) is 0 Å². The summed E-state index contributed by atoms with van der Waals surface area (Å²) in [6.45, 7) is 4.69. The fourth-order valence-electron chi connectivity index (χ4n) is 7.25. The largest absolute Gasteiger partial charge is 0.344 e. The summed E-state index contributed by atoms with van der Waals surface area (Å²) in [4.78, 5) is 43.7. The topological polar surface area (TPSA) is 72.9 Å². The lowest BCUT2D eigenvalue weighted by Gasteiger charge is -2.41. The van der Waals surface area contributed by atoms with E-state index in [0.717, 1.165) is 62.4 Å². The zero-order valence-electron chi connectivity index (χ0n) is 30.4. The molecular formula is C44H46N6O2S2. The van der Waals surface area contributed by atoms with Gasteiger partial charge in [-0.1, -0.05) is 121 Å². The van der Waals surface area contributed by atoms with Crippen molar-refractivity contribution in [2.24, 2.45) is 0 Å². The minimum Gasteiger partial charge on any atom is -0.344 e. The number of aromatic nitrogens is 2. The van der Waals surface area contributed by atoms with Crippen LogP contribution in [0.15, 0.2) is 144 Å². The number of hydrogen-bond donors (Lipinski definition) is 0. The first-order chi connectivity index (χ1) is 26.6. The molecule has 2 aliphatic heterocycles. The number of thiazole rings is 2. The van der Waals surface area contributed by atoms with Gasteiger partial charge in [-0.05, 0) is 35.1 Å². The maximum atomic E-state index is 13.0. The van der Waals surface area contributed by atoms with Crippen molar-refractivity contribution in [3.63, 3.8) is 0 Å². The second-order valence-corrected chi connectivity index (χ2v) is 15.3. The van der Waals surface area contributed by atoms with Crippen LogP contribution in [0.2, 0.25) is 0 Å². The zero-order chi connectivity index (χ0) is 37.0. The molecule has 2 unspecified atom stereocenters. The summed E-state index contributed by atoms with van der Waals surface area (Å²) >= 11 is 3.31. The fourth-order valence-corrected chi connectivity index (χ4v) is 8.61. The Kier molecular flexibility index (Phi) is 12.8. The van der Waals surface area contributed by atoms with E-state index in [2.05, 4.69) is 78.1 Å². The Bertz CT molecular complexity index is 1850. The Morgan fingerprint density at radius 3 is 1.24 bits per heavy atom. The molecule has 2 amide bonds. The number of rotatable bonds is 10. The highest BCUT2D eigenvalue weighted by Gasteiger charge is 2.33. The smallest absolute Gasteiger partial charge is 0.223 e. The predicted octanol–water partition coefficient (Wildman–Crippen LogP) is 8.33. The van der Waals surface area contributed by atoms with Crippen molar-refractivity contribution >= 4 is 44.8 Å². The third-order valence-electron chi connectivity index (χ3n) is 10.1. The second kappa shape index (κ2) is 18.6. The maximum Gasteiger partial charge on any atom is 0.223 e. The normalized spacial score (nSPS) is 17.1. The van der Waals surface area contributed by atoms with E-state index in [1.165, 1.54) is 22.3 Å². The average Bonchev–Trinajstić information content (AvgIpc) is 4.00. The molecule has 54 heavy (non-hydrogen) atoms. The van der Waals surface area contributed by atoms with Crippen molar-refractivity contribution in [1.29, 1.82) is 0 Å². The van der Waals surface area contributed by atoms with Gasteiger partial charge in [-0.15, -0.1) is 22.7 Å². The van der Waals surface area contributed by atoms with Crippen LogP contribution in [0.5, 0.6) is 0 Å². The number of nitrogens with zero attached hydrogens (tertiary/aromatic N) is 6. The van der Waals surface area contributed by atoms with Gasteiger partial charge in [0, 0.05) is 75.3 Å². The standard InChI is InChI=1S/2C22H23N3OS/c2*26-21(12-11-18-7-3-1-4-8-18)25-15-14-24(22-23-13-16-27-22)17-20(25)19-9-5-2-6-10-19/h2*1-10,13,16,20H,11-12,14-15,17H2. The molecule has 4 heterocycles. The van der Waals surface area contributed by atoms with E-state index < -0.39 is 0 Å². The van der Waals surface area contributed by atoms with Gasteiger partial charge in [-0.3, -0.25) is 9.59 Å². The fraction of sp³-hybridized carbons (Fsp3) is 0.273. The molecule has 2 saturated heterocycles. The highest BCUT2D eigenvalue weighted by Crippen LogP contribution is 2.32. The molecule has 2 aromatic heterocycles. The molecule has 2 aliphatic rings. The number of benzene rings is 4. The summed E-state index contributed by atoms with van der Waals surface area (Å²) in [5, 5.41) is 6.08. The van der Waals surface area contributed by atoms with Gasteiger partial charge in [0.15, 0.2) is 10.3 Å². The lowest BCUT2D eigenvalue weighted by molar-refractivity contribution is -0.135. The minimum atomic E-state index is 0.0622. The van der Waals surface area contributed by atoms with Crippen LogP contribution in [-0.2, 0) is 22.4 Å². The van der Waals surface area contributed by atoms with Crippen molar-refractivity contribution in [3.05, 3.63) is 167 Å². The van der Waals surface area contributed by atoms with E-state index in [1.54, 1.807) is 22.7 Å². The molecule has 0 N–H and O–H groups in total. The number of piperazine rings is 2. The lowest BCUT2D eigenvalue weighted by atomic mass is 10.0. The van der Waals surface area contributed by atoms with Gasteiger partial charge in [0.25, 0.3) is 0 Å². The van der Waals surface area contributed by atoms with Crippen molar-refractivity contribution in [3.8, 4) is 0 Å². The van der Waals surface area contributed by atoms with Gasteiger partial charge in [-0.25, -0.2) is 9.97 Å². The molecule has 2 fully saturated rings. The van der Waals surface area contributed by atoms with Gasteiger partial charge >= 0.3 is 0 Å². The first-order valence-electron chi connectivity index (χ1n) is 18.7. The molecule has 0 saturated carbocycles. The van der Waals surface area contributed by atoms with E-state index in [0.29, 0.717) is 12.8 Å². The van der Waals surface area contributed by atoms with E-state index in [-0.39, 0.29) is 23.9 Å². The Balaban J connectivity index is 0.000000167. The monoisotopic (exact) mass is 754 g/mol.